The van der Waals surface area contributed by atoms with Gasteiger partial charge in [0.1, 0.15) is 6.04 Å². The number of nitrogens with zero attached hydrogens (tertiary/aromatic N) is 2. The Labute approximate surface area is 98.5 Å². The van der Waals surface area contributed by atoms with Crippen LogP contribution >= 0.6 is 0 Å². The Balaban J connectivity index is 2.64. The number of hydrogen-bond acceptors (Lipinski definition) is 4. The van der Waals surface area contributed by atoms with Crippen molar-refractivity contribution in [2.75, 3.05) is 6.54 Å². The number of aromatic nitrogens is 2. The van der Waals surface area contributed by atoms with Crippen molar-refractivity contribution in [3.63, 3.8) is 0 Å². The van der Waals surface area contributed by atoms with E-state index in [4.69, 9.17) is 5.73 Å². The third-order valence-corrected chi connectivity index (χ3v) is 2.14. The maximum absolute atomic E-state index is 11.5. The standard InChI is InChI=1S/C10H15N5O2/c1-12-10(17)8(15-9(16)2-3-11)4-7-5-13-6-14-7/h5-6,8H,1-4,11H2,(H,13,14)(H,15,16)/t8-/m0/s1. The molecule has 2 amide bonds. The minimum atomic E-state index is -0.730. The van der Waals surface area contributed by atoms with Crippen molar-refractivity contribution in [3.05, 3.63) is 18.2 Å². The molecule has 0 aromatic carbocycles. The Bertz CT molecular complexity index is 387. The largest absolute Gasteiger partial charge is 0.348 e. The van der Waals surface area contributed by atoms with Crippen LogP contribution in [0.15, 0.2) is 17.5 Å². The van der Waals surface area contributed by atoms with E-state index in [0.29, 0.717) is 6.42 Å². The molecule has 1 aromatic rings. The second-order valence-corrected chi connectivity index (χ2v) is 3.44. The lowest BCUT2D eigenvalue weighted by Crippen LogP contribution is -2.42. The third kappa shape index (κ3) is 4.15. The summed E-state index contributed by atoms with van der Waals surface area (Å²) < 4.78 is 0. The zero-order valence-corrected chi connectivity index (χ0v) is 9.35. The van der Waals surface area contributed by atoms with Gasteiger partial charge in [-0.2, -0.15) is 0 Å². The van der Waals surface area contributed by atoms with Crippen LogP contribution in [0.1, 0.15) is 12.1 Å². The van der Waals surface area contributed by atoms with Gasteiger partial charge in [0, 0.05) is 31.3 Å². The summed E-state index contributed by atoms with van der Waals surface area (Å²) in [5.41, 5.74) is 5.99. The minimum absolute atomic E-state index is 0.171. The highest BCUT2D eigenvalue weighted by Crippen LogP contribution is 2.00. The molecule has 0 fully saturated rings. The maximum atomic E-state index is 11.5. The first kappa shape index (κ1) is 13.0. The van der Waals surface area contributed by atoms with E-state index in [1.807, 2.05) is 0 Å². The molecule has 0 radical (unpaired) electrons. The topological polar surface area (TPSA) is 113 Å². The first-order valence-corrected chi connectivity index (χ1v) is 5.14. The molecule has 7 nitrogen and oxygen atoms in total. The van der Waals surface area contributed by atoms with Crippen LogP contribution in [0.2, 0.25) is 0 Å². The fraction of sp³-hybridized carbons (Fsp3) is 0.400. The van der Waals surface area contributed by atoms with Crippen LogP contribution in [-0.2, 0) is 16.0 Å². The molecule has 0 aliphatic heterocycles. The highest BCUT2D eigenvalue weighted by molar-refractivity contribution is 5.90. The van der Waals surface area contributed by atoms with Gasteiger partial charge in [0.25, 0.3) is 5.91 Å². The van der Waals surface area contributed by atoms with E-state index in [1.165, 1.54) is 6.33 Å². The number of amides is 2. The Kier molecular flexibility index (Phi) is 5.02. The molecule has 0 spiro atoms. The quantitative estimate of drug-likeness (QED) is 0.551. The molecule has 0 unspecified atom stereocenters. The van der Waals surface area contributed by atoms with Gasteiger partial charge in [-0.25, -0.2) is 9.98 Å². The van der Waals surface area contributed by atoms with Crippen molar-refractivity contribution in [2.24, 2.45) is 10.7 Å². The molecule has 1 atom stereocenters. The monoisotopic (exact) mass is 237 g/mol. The van der Waals surface area contributed by atoms with Crippen molar-refractivity contribution in [1.29, 1.82) is 0 Å². The van der Waals surface area contributed by atoms with E-state index >= 15 is 0 Å². The van der Waals surface area contributed by atoms with Gasteiger partial charge in [0.05, 0.1) is 6.33 Å². The van der Waals surface area contributed by atoms with Gasteiger partial charge in [-0.3, -0.25) is 9.59 Å². The number of nitrogens with one attached hydrogen (secondary N) is 2. The number of carbonyl (C=O) groups is 2. The minimum Gasteiger partial charge on any atom is -0.348 e. The van der Waals surface area contributed by atoms with Crippen molar-refractivity contribution in [1.82, 2.24) is 15.3 Å². The van der Waals surface area contributed by atoms with Crippen molar-refractivity contribution in [2.45, 2.75) is 18.9 Å². The number of aliphatic imine (C=N–C) groups is 1. The first-order valence-electron chi connectivity index (χ1n) is 5.14. The highest BCUT2D eigenvalue weighted by Gasteiger charge is 2.20. The fourth-order valence-corrected chi connectivity index (χ4v) is 1.32. The van der Waals surface area contributed by atoms with Gasteiger partial charge in [-0.05, 0) is 6.72 Å². The second-order valence-electron chi connectivity index (χ2n) is 3.44. The molecule has 0 bridgehead atoms. The summed E-state index contributed by atoms with van der Waals surface area (Å²) in [5, 5.41) is 2.56. The highest BCUT2D eigenvalue weighted by atomic mass is 16.2. The molecule has 7 heteroatoms. The number of rotatable bonds is 6. The molecular formula is C10H15N5O2. The van der Waals surface area contributed by atoms with E-state index in [0.717, 1.165) is 5.69 Å². The van der Waals surface area contributed by atoms with Crippen molar-refractivity contribution in [3.8, 4) is 0 Å². The summed E-state index contributed by atoms with van der Waals surface area (Å²) in [4.78, 5) is 32.8. The normalized spacial score (nSPS) is 11.8. The SMILES string of the molecule is C=NC(=O)[C@H](Cc1cnc[nH]1)NC(=O)CCN. The average molecular weight is 237 g/mol. The summed E-state index contributed by atoms with van der Waals surface area (Å²) in [6, 6.07) is -0.730. The Morgan fingerprint density at radius 3 is 2.94 bits per heavy atom. The molecule has 17 heavy (non-hydrogen) atoms. The van der Waals surface area contributed by atoms with E-state index in [9.17, 15) is 9.59 Å². The lowest BCUT2D eigenvalue weighted by Gasteiger charge is -2.14. The smallest absolute Gasteiger partial charge is 0.268 e. The van der Waals surface area contributed by atoms with Gasteiger partial charge in [-0.1, -0.05) is 0 Å². The lowest BCUT2D eigenvalue weighted by molar-refractivity contribution is -0.127. The van der Waals surface area contributed by atoms with Crippen LogP contribution in [0.4, 0.5) is 0 Å². The Morgan fingerprint density at radius 2 is 2.41 bits per heavy atom. The second kappa shape index (κ2) is 6.54. The van der Waals surface area contributed by atoms with Crippen molar-refractivity contribution < 1.29 is 9.59 Å². The van der Waals surface area contributed by atoms with Gasteiger partial charge < -0.3 is 16.0 Å². The molecule has 1 heterocycles. The summed E-state index contributed by atoms with van der Waals surface area (Å²) >= 11 is 0. The zero-order chi connectivity index (χ0) is 12.7. The molecule has 0 saturated carbocycles. The van der Waals surface area contributed by atoms with Gasteiger partial charge in [0.2, 0.25) is 5.91 Å². The van der Waals surface area contributed by atoms with E-state index < -0.39 is 11.9 Å². The number of imidazole rings is 1. The van der Waals surface area contributed by atoms with Crippen LogP contribution in [-0.4, -0.2) is 41.1 Å². The lowest BCUT2D eigenvalue weighted by atomic mass is 10.1. The van der Waals surface area contributed by atoms with Crippen LogP contribution in [0.25, 0.3) is 0 Å². The number of carbonyl (C=O) groups excluding carboxylic acids is 2. The molecule has 1 aromatic heterocycles. The summed E-state index contributed by atoms with van der Waals surface area (Å²) in [5.74, 6) is -0.765. The van der Waals surface area contributed by atoms with Crippen LogP contribution < -0.4 is 11.1 Å². The van der Waals surface area contributed by atoms with Crippen LogP contribution in [0, 0.1) is 0 Å². The first-order chi connectivity index (χ1) is 8.17. The molecule has 1 rings (SSSR count). The molecule has 92 valence electrons. The van der Waals surface area contributed by atoms with Crippen LogP contribution in [0.5, 0.6) is 0 Å². The predicted molar refractivity (Wildman–Crippen MR) is 62.4 cm³/mol. The number of hydrogen-bond donors (Lipinski definition) is 3. The predicted octanol–water partition coefficient (Wildman–Crippen LogP) is -0.987. The number of H-pyrrole nitrogens is 1. The molecule has 0 aliphatic carbocycles. The van der Waals surface area contributed by atoms with Gasteiger partial charge in [0.15, 0.2) is 0 Å². The molecule has 0 saturated heterocycles. The summed E-state index contributed by atoms with van der Waals surface area (Å²) in [6.07, 6.45) is 3.55. The number of aromatic amines is 1. The summed E-state index contributed by atoms with van der Waals surface area (Å²) in [6.45, 7) is 3.40. The van der Waals surface area contributed by atoms with Gasteiger partial charge >= 0.3 is 0 Å². The van der Waals surface area contributed by atoms with E-state index in [-0.39, 0.29) is 18.9 Å². The Morgan fingerprint density at radius 1 is 1.65 bits per heavy atom. The van der Waals surface area contributed by atoms with E-state index in [2.05, 4.69) is 27.0 Å². The van der Waals surface area contributed by atoms with Crippen LogP contribution in [0.3, 0.4) is 0 Å². The van der Waals surface area contributed by atoms with Gasteiger partial charge in [-0.15, -0.1) is 0 Å². The Hall–Kier alpha value is -2.02. The third-order valence-electron chi connectivity index (χ3n) is 2.14. The number of nitrogens with two attached hydrogens (primary N) is 1. The maximum Gasteiger partial charge on any atom is 0.268 e. The molecule has 0 aliphatic rings. The molecule has 4 N–H and O–H groups in total. The molecular weight excluding hydrogens is 222 g/mol. The van der Waals surface area contributed by atoms with E-state index in [1.54, 1.807) is 6.20 Å². The summed E-state index contributed by atoms with van der Waals surface area (Å²) in [7, 11) is 0. The fourth-order valence-electron chi connectivity index (χ4n) is 1.32. The zero-order valence-electron chi connectivity index (χ0n) is 9.35. The average Bonchev–Trinajstić information content (AvgIpc) is 2.80. The van der Waals surface area contributed by atoms with Crippen molar-refractivity contribution >= 4 is 18.5 Å².